The average molecular weight is 229 g/mol. The molecule has 0 saturated carbocycles. The molecule has 10 heavy (non-hydrogen) atoms. The molecule has 0 saturated heterocycles. The third-order valence-electron chi connectivity index (χ3n) is 0.708. The minimum Gasteiger partial charge on any atom is -0.234 e. The summed E-state index contributed by atoms with van der Waals surface area (Å²) >= 11 is 3.75. The van der Waals surface area contributed by atoms with Crippen molar-refractivity contribution < 1.29 is 12.3 Å². The van der Waals surface area contributed by atoms with E-state index in [0.29, 0.717) is 0 Å². The molecular weight excluding hydrogens is 210 g/mol. The molecule has 0 N–H and O–H groups in total. The van der Waals surface area contributed by atoms with E-state index < -0.39 is 26.0 Å². The number of hydrogen-bond acceptors (Lipinski definition) is 2. The van der Waals surface area contributed by atoms with Gasteiger partial charge in [-0.15, -0.1) is 11.3 Å². The Kier molecular flexibility index (Phi) is 0.801. The molecule has 0 aliphatic heterocycles. The lowest BCUT2D eigenvalue weighted by Crippen LogP contribution is -1.91. The van der Waals surface area contributed by atoms with Crippen LogP contribution in [0.2, 0.25) is 0 Å². The van der Waals surface area contributed by atoms with Gasteiger partial charge in [-0.05, 0) is 21.8 Å². The van der Waals surface area contributed by atoms with Gasteiger partial charge in [0.05, 0.1) is 5.01 Å². The summed E-state index contributed by atoms with van der Waals surface area (Å²) in [6.45, 7) is -6.67. The fraction of sp³-hybridized carbons (Fsp3) is 0.571. The highest BCUT2D eigenvalue weighted by Crippen LogP contribution is 2.17. The molecule has 56 valence electrons. The fourth-order valence-electron chi connectivity index (χ4n) is 0.418. The van der Waals surface area contributed by atoms with E-state index >= 15 is 0 Å². The smallest absolute Gasteiger partial charge is 0.117 e. The maximum absolute atomic E-state index is 7.83. The van der Waals surface area contributed by atoms with Crippen LogP contribution < -0.4 is 0 Å². The van der Waals surface area contributed by atoms with Gasteiger partial charge >= 0.3 is 0 Å². The van der Waals surface area contributed by atoms with E-state index in [2.05, 4.69) is 20.9 Å². The molecule has 0 spiro atoms. The third kappa shape index (κ3) is 2.39. The normalized spacial score (nSPS) is 29.1. The lowest BCUT2D eigenvalue weighted by Gasteiger charge is -1.97. The van der Waals surface area contributed by atoms with Gasteiger partial charge < -0.3 is 0 Å². The van der Waals surface area contributed by atoms with Crippen molar-refractivity contribution >= 4 is 27.3 Å². The van der Waals surface area contributed by atoms with Crippen LogP contribution in [0.3, 0.4) is 0 Å². The van der Waals surface area contributed by atoms with Gasteiger partial charge in [0.1, 0.15) is 4.60 Å². The molecule has 0 aliphatic carbocycles. The Balaban J connectivity index is 3.50. The van der Waals surface area contributed by atoms with Gasteiger partial charge in [-0.25, -0.2) is 4.98 Å². The number of hydrogen-bond donors (Lipinski definition) is 0. The molecule has 1 nitrogen and oxygen atoms in total. The molecule has 1 heterocycles. The largest absolute Gasteiger partial charge is 0.234 e. The molecule has 1 rings (SSSR count). The summed E-state index contributed by atoms with van der Waals surface area (Å²) in [6.07, 6.45) is -2.94. The van der Waals surface area contributed by atoms with E-state index in [1.807, 2.05) is 0 Å². The van der Waals surface area contributed by atoms with E-state index in [4.69, 9.17) is 12.3 Å². The maximum atomic E-state index is 7.83. The number of thiazole rings is 1. The molecule has 3 heteroatoms. The molecule has 0 fully saturated rings. The van der Waals surface area contributed by atoms with Crippen LogP contribution in [0.15, 0.2) is 9.98 Å². The van der Waals surface area contributed by atoms with Crippen molar-refractivity contribution in [3.63, 3.8) is 0 Å². The predicted octanol–water partition coefficient (Wildman–Crippen LogP) is 3.10. The average Bonchev–Trinajstić information content (AvgIpc) is 2.60. The van der Waals surface area contributed by atoms with Crippen molar-refractivity contribution in [2.24, 2.45) is 5.89 Å². The summed E-state index contributed by atoms with van der Waals surface area (Å²) in [5.74, 6) is -3.30. The molecule has 0 bridgehead atoms. The topological polar surface area (TPSA) is 12.9 Å². The highest BCUT2D eigenvalue weighted by atomic mass is 79.9. The van der Waals surface area contributed by atoms with Crippen molar-refractivity contribution in [1.29, 1.82) is 0 Å². The molecule has 0 amide bonds. The van der Waals surface area contributed by atoms with E-state index in [1.54, 1.807) is 0 Å². The summed E-state index contributed by atoms with van der Waals surface area (Å²) in [6, 6.07) is 0. The summed E-state index contributed by atoms with van der Waals surface area (Å²) in [5, 5.41) is 1.04. The first-order valence-corrected chi connectivity index (χ1v) is 4.04. The third-order valence-corrected chi connectivity index (χ3v) is 2.18. The van der Waals surface area contributed by atoms with Gasteiger partial charge in [0.15, 0.2) is 0 Å². The lowest BCUT2D eigenvalue weighted by molar-refractivity contribution is 0.644. The van der Waals surface area contributed by atoms with Crippen LogP contribution in [0.25, 0.3) is 0 Å². The summed E-state index contributed by atoms with van der Waals surface area (Å²) in [5.41, 5.74) is 0. The molecule has 1 aromatic rings. The first-order chi connectivity index (χ1) is 8.25. The number of halogens is 1. The van der Waals surface area contributed by atoms with E-state index in [0.717, 1.165) is 11.3 Å². The van der Waals surface area contributed by atoms with Crippen LogP contribution in [-0.4, -0.2) is 4.98 Å². The SMILES string of the molecule is [2H]C([2H])([2H])C([2H])(C([2H])([2H])[2H])C([2H])([2H])c1nc(Br)cs1. The van der Waals surface area contributed by atoms with Crippen molar-refractivity contribution in [3.8, 4) is 0 Å². The molecule has 0 radical (unpaired) electrons. The van der Waals surface area contributed by atoms with Gasteiger partial charge in [0.25, 0.3) is 0 Å². The summed E-state index contributed by atoms with van der Waals surface area (Å²) in [4.78, 5) is 3.72. The van der Waals surface area contributed by atoms with Gasteiger partial charge in [-0.2, -0.15) is 0 Å². The zero-order valence-electron chi connectivity index (χ0n) is 13.8. The van der Waals surface area contributed by atoms with Crippen molar-refractivity contribution in [1.82, 2.24) is 4.98 Å². The Morgan fingerprint density at radius 3 is 3.40 bits per heavy atom. The maximum Gasteiger partial charge on any atom is 0.117 e. The molecule has 1 aromatic heterocycles. The minimum absolute atomic E-state index is 0.259. The van der Waals surface area contributed by atoms with Gasteiger partial charge in [-0.3, -0.25) is 0 Å². The van der Waals surface area contributed by atoms with Gasteiger partial charge in [0, 0.05) is 24.1 Å². The number of nitrogens with zero attached hydrogens (tertiary/aromatic N) is 1. The Morgan fingerprint density at radius 2 is 2.90 bits per heavy atom. The monoisotopic (exact) mass is 228 g/mol. The van der Waals surface area contributed by atoms with E-state index in [9.17, 15) is 0 Å². The zero-order valence-corrected chi connectivity index (χ0v) is 7.21. The van der Waals surface area contributed by atoms with Crippen molar-refractivity contribution in [3.05, 3.63) is 15.0 Å². The van der Waals surface area contributed by atoms with Crippen LogP contribution in [0.1, 0.15) is 31.0 Å². The second-order valence-corrected chi connectivity index (χ2v) is 3.15. The summed E-state index contributed by atoms with van der Waals surface area (Å²) in [7, 11) is 0. The standard InChI is InChI=1S/C7H10BrNS/c1-5(2)3-7-9-6(8)4-10-7/h4-5H,3H2,1-2H3/i1D3,2D3,3D2,5D. The number of aromatic nitrogens is 1. The molecule has 0 aliphatic rings. The van der Waals surface area contributed by atoms with Crippen molar-refractivity contribution in [2.45, 2.75) is 20.1 Å². The van der Waals surface area contributed by atoms with Gasteiger partial charge in [0.2, 0.25) is 0 Å². The quantitative estimate of drug-likeness (QED) is 0.759. The Hall–Kier alpha value is 0.110. The highest BCUT2D eigenvalue weighted by Gasteiger charge is 2.01. The molecule has 0 unspecified atom stereocenters. The van der Waals surface area contributed by atoms with Crippen molar-refractivity contribution in [2.75, 3.05) is 0 Å². The second kappa shape index (κ2) is 3.49. The Labute approximate surface area is 86.3 Å². The molecule has 0 atom stereocenters. The Morgan fingerprint density at radius 1 is 2.10 bits per heavy atom. The van der Waals surface area contributed by atoms with Gasteiger partial charge in [-0.1, -0.05) is 13.7 Å². The fourth-order valence-corrected chi connectivity index (χ4v) is 1.57. The van der Waals surface area contributed by atoms with Crippen LogP contribution in [-0.2, 0) is 6.37 Å². The first kappa shape index (κ1) is 2.30. The highest BCUT2D eigenvalue weighted by molar-refractivity contribution is 9.10. The lowest BCUT2D eigenvalue weighted by atomic mass is 10.1. The number of rotatable bonds is 2. The van der Waals surface area contributed by atoms with Crippen LogP contribution in [0.4, 0.5) is 0 Å². The second-order valence-electron chi connectivity index (χ2n) is 1.48. The molecular formula is C7H10BrNS. The van der Waals surface area contributed by atoms with Crippen LogP contribution in [0, 0.1) is 5.89 Å². The van der Waals surface area contributed by atoms with Crippen LogP contribution in [0.5, 0.6) is 0 Å². The Bertz CT molecular complexity index is 448. The summed E-state index contributed by atoms with van der Waals surface area (Å²) < 4.78 is 67.3. The first-order valence-electron chi connectivity index (χ1n) is 6.86. The van der Waals surface area contributed by atoms with E-state index in [-0.39, 0.29) is 9.61 Å². The molecule has 0 aromatic carbocycles. The van der Waals surface area contributed by atoms with Crippen LogP contribution >= 0.6 is 27.3 Å². The predicted molar refractivity (Wildman–Crippen MR) is 48.4 cm³/mol. The zero-order chi connectivity index (χ0) is 15.3. The minimum atomic E-state index is -3.33. The van der Waals surface area contributed by atoms with E-state index in [1.165, 1.54) is 5.38 Å².